The van der Waals surface area contributed by atoms with Crippen LogP contribution in [0, 0.1) is 12.7 Å². The molecule has 2 heterocycles. The van der Waals surface area contributed by atoms with Gasteiger partial charge in [-0.15, -0.1) is 0 Å². The van der Waals surface area contributed by atoms with Crippen LogP contribution in [0.15, 0.2) is 67.0 Å². The molecule has 0 fully saturated rings. The molecule has 0 aliphatic heterocycles. The van der Waals surface area contributed by atoms with Gasteiger partial charge in [-0.1, -0.05) is 0 Å². The van der Waals surface area contributed by atoms with Crippen molar-refractivity contribution in [2.45, 2.75) is 13.3 Å². The number of hydrogen-bond acceptors (Lipinski definition) is 3. The van der Waals surface area contributed by atoms with Gasteiger partial charge >= 0.3 is 0 Å². The van der Waals surface area contributed by atoms with Crippen LogP contribution in [0.1, 0.15) is 11.3 Å². The van der Waals surface area contributed by atoms with Crippen molar-refractivity contribution in [1.82, 2.24) is 9.97 Å². The van der Waals surface area contributed by atoms with Gasteiger partial charge in [0.25, 0.3) is 0 Å². The molecule has 0 radical (unpaired) electrons. The molecule has 0 bridgehead atoms. The van der Waals surface area contributed by atoms with Crippen LogP contribution in [0.2, 0.25) is 0 Å². The van der Waals surface area contributed by atoms with Crippen LogP contribution in [-0.4, -0.2) is 15.9 Å². The van der Waals surface area contributed by atoms with Gasteiger partial charge in [-0.2, -0.15) is 0 Å². The first-order valence-electron chi connectivity index (χ1n) is 8.83. The Bertz CT molecular complexity index is 1120. The van der Waals surface area contributed by atoms with E-state index in [0.717, 1.165) is 22.2 Å². The minimum Gasteiger partial charge on any atom is -0.457 e. The van der Waals surface area contributed by atoms with Gasteiger partial charge in [-0.05, 0) is 67.1 Å². The van der Waals surface area contributed by atoms with Gasteiger partial charge in [0.05, 0.1) is 6.42 Å². The fraction of sp³-hybridized carbons (Fsp3) is 0.0909. The molecule has 1 amide bonds. The van der Waals surface area contributed by atoms with Crippen LogP contribution >= 0.6 is 0 Å². The van der Waals surface area contributed by atoms with Crippen LogP contribution < -0.4 is 10.1 Å². The van der Waals surface area contributed by atoms with Gasteiger partial charge in [0, 0.05) is 34.7 Å². The summed E-state index contributed by atoms with van der Waals surface area (Å²) in [7, 11) is 0. The molecular formula is C22H18FN3O2. The Morgan fingerprint density at radius 1 is 1.07 bits per heavy atom. The lowest BCUT2D eigenvalue weighted by Gasteiger charge is -2.08. The number of H-pyrrole nitrogens is 1. The molecule has 28 heavy (non-hydrogen) atoms. The number of fused-ring (bicyclic) bond motifs is 1. The van der Waals surface area contributed by atoms with Crippen molar-refractivity contribution in [2.24, 2.45) is 0 Å². The number of hydrogen-bond donors (Lipinski definition) is 2. The summed E-state index contributed by atoms with van der Waals surface area (Å²) >= 11 is 0. The Morgan fingerprint density at radius 3 is 2.54 bits per heavy atom. The summed E-state index contributed by atoms with van der Waals surface area (Å²) in [6.07, 6.45) is 3.47. The van der Waals surface area contributed by atoms with E-state index < -0.39 is 0 Å². The number of aryl methyl sites for hydroxylation is 1. The molecule has 6 heteroatoms. The van der Waals surface area contributed by atoms with Gasteiger partial charge in [0.15, 0.2) is 0 Å². The fourth-order valence-electron chi connectivity index (χ4n) is 3.10. The maximum atomic E-state index is 13.6. The van der Waals surface area contributed by atoms with Gasteiger partial charge in [-0.25, -0.2) is 4.39 Å². The lowest BCUT2D eigenvalue weighted by molar-refractivity contribution is -0.115. The highest BCUT2D eigenvalue weighted by molar-refractivity contribution is 5.96. The van der Waals surface area contributed by atoms with E-state index in [9.17, 15) is 9.18 Å². The summed E-state index contributed by atoms with van der Waals surface area (Å²) in [6, 6.07) is 15.2. The molecule has 2 aromatic carbocycles. The molecule has 2 N–H and O–H groups in total. The molecule has 4 aromatic rings. The van der Waals surface area contributed by atoms with Crippen LogP contribution in [0.25, 0.3) is 10.9 Å². The van der Waals surface area contributed by atoms with Crippen molar-refractivity contribution in [2.75, 3.05) is 5.32 Å². The first-order chi connectivity index (χ1) is 13.6. The van der Waals surface area contributed by atoms with Gasteiger partial charge in [0.2, 0.25) is 5.91 Å². The summed E-state index contributed by atoms with van der Waals surface area (Å²) in [5.41, 5.74) is 3.14. The van der Waals surface area contributed by atoms with E-state index in [4.69, 9.17) is 4.74 Å². The second kappa shape index (κ2) is 7.52. The van der Waals surface area contributed by atoms with Crippen LogP contribution in [-0.2, 0) is 11.2 Å². The van der Waals surface area contributed by atoms with Crippen molar-refractivity contribution in [3.63, 3.8) is 0 Å². The largest absolute Gasteiger partial charge is 0.457 e. The summed E-state index contributed by atoms with van der Waals surface area (Å²) < 4.78 is 19.3. The van der Waals surface area contributed by atoms with Crippen LogP contribution in [0.4, 0.5) is 10.1 Å². The van der Waals surface area contributed by atoms with E-state index in [2.05, 4.69) is 15.3 Å². The summed E-state index contributed by atoms with van der Waals surface area (Å²) in [5, 5.41) is 3.60. The summed E-state index contributed by atoms with van der Waals surface area (Å²) in [6.45, 7) is 1.88. The quantitative estimate of drug-likeness (QED) is 0.517. The van der Waals surface area contributed by atoms with E-state index in [-0.39, 0.29) is 18.1 Å². The average Bonchev–Trinajstić information content (AvgIpc) is 2.99. The number of nitrogens with one attached hydrogen (secondary N) is 2. The second-order valence-corrected chi connectivity index (χ2v) is 6.45. The number of anilines is 1. The number of rotatable bonds is 5. The number of carbonyl (C=O) groups excluding carboxylic acids is 1. The van der Waals surface area contributed by atoms with Crippen LogP contribution in [0.5, 0.6) is 11.5 Å². The normalized spacial score (nSPS) is 10.8. The summed E-state index contributed by atoms with van der Waals surface area (Å²) in [5.74, 6) is 0.856. The number of nitrogens with zero attached hydrogens (tertiary/aromatic N) is 1. The minimum absolute atomic E-state index is 0.157. The number of aromatic nitrogens is 2. The lowest BCUT2D eigenvalue weighted by atomic mass is 10.1. The highest BCUT2D eigenvalue weighted by atomic mass is 19.1. The second-order valence-electron chi connectivity index (χ2n) is 6.45. The Labute approximate surface area is 161 Å². The van der Waals surface area contributed by atoms with E-state index in [1.807, 2.05) is 6.92 Å². The number of ether oxygens (including phenoxy) is 1. The number of benzene rings is 2. The molecule has 0 unspecified atom stereocenters. The van der Waals surface area contributed by atoms with E-state index in [0.29, 0.717) is 17.2 Å². The molecule has 0 aliphatic rings. The smallest absolute Gasteiger partial charge is 0.228 e. The lowest BCUT2D eigenvalue weighted by Crippen LogP contribution is -2.14. The number of pyridine rings is 1. The molecule has 0 aliphatic carbocycles. The number of amides is 1. The molecule has 140 valence electrons. The minimum atomic E-state index is -0.321. The zero-order valence-electron chi connectivity index (χ0n) is 15.2. The van der Waals surface area contributed by atoms with Crippen molar-refractivity contribution >= 4 is 22.5 Å². The first-order valence-corrected chi connectivity index (χ1v) is 8.83. The Hall–Kier alpha value is -3.67. The number of halogens is 1. The van der Waals surface area contributed by atoms with Crippen molar-refractivity contribution in [1.29, 1.82) is 0 Å². The molecule has 5 nitrogen and oxygen atoms in total. The Balaban J connectivity index is 1.44. The predicted molar refractivity (Wildman–Crippen MR) is 106 cm³/mol. The zero-order valence-corrected chi connectivity index (χ0v) is 15.2. The van der Waals surface area contributed by atoms with E-state index in [1.54, 1.807) is 54.9 Å². The monoisotopic (exact) mass is 375 g/mol. The maximum Gasteiger partial charge on any atom is 0.228 e. The number of carbonyl (C=O) groups is 1. The first kappa shape index (κ1) is 17.7. The molecular weight excluding hydrogens is 357 g/mol. The molecule has 4 rings (SSSR count). The highest BCUT2D eigenvalue weighted by Gasteiger charge is 2.13. The average molecular weight is 375 g/mol. The Kier molecular flexibility index (Phi) is 4.76. The highest BCUT2D eigenvalue weighted by Crippen LogP contribution is 2.25. The zero-order chi connectivity index (χ0) is 19.5. The third-order valence-electron chi connectivity index (χ3n) is 4.44. The van der Waals surface area contributed by atoms with Crippen LogP contribution in [0.3, 0.4) is 0 Å². The van der Waals surface area contributed by atoms with Gasteiger partial charge < -0.3 is 15.0 Å². The molecule has 0 atom stereocenters. The standard InChI is InChI=1S/C22H18FN3O2/c1-14-19(20-12-15(23)2-7-21(20)25-14)13-22(27)26-16-3-5-17(6-4-16)28-18-8-10-24-11-9-18/h2-12,25H,13H2,1H3,(H,26,27). The maximum absolute atomic E-state index is 13.6. The molecule has 2 aromatic heterocycles. The topological polar surface area (TPSA) is 67.0 Å². The molecule has 0 saturated heterocycles. The SMILES string of the molecule is Cc1[nH]c2ccc(F)cc2c1CC(=O)Nc1ccc(Oc2ccncc2)cc1. The van der Waals surface area contributed by atoms with E-state index >= 15 is 0 Å². The molecule has 0 saturated carbocycles. The predicted octanol–water partition coefficient (Wildman–Crippen LogP) is 4.98. The molecule has 0 spiro atoms. The third kappa shape index (κ3) is 3.86. The summed E-state index contributed by atoms with van der Waals surface area (Å²) in [4.78, 5) is 19.6. The Morgan fingerprint density at radius 2 is 1.79 bits per heavy atom. The van der Waals surface area contributed by atoms with Crippen molar-refractivity contribution < 1.29 is 13.9 Å². The third-order valence-corrected chi connectivity index (χ3v) is 4.44. The van der Waals surface area contributed by atoms with Crippen molar-refractivity contribution in [3.8, 4) is 11.5 Å². The number of aromatic amines is 1. The van der Waals surface area contributed by atoms with Crippen molar-refractivity contribution in [3.05, 3.63) is 84.1 Å². The van der Waals surface area contributed by atoms with E-state index in [1.165, 1.54) is 12.1 Å². The van der Waals surface area contributed by atoms with Gasteiger partial charge in [-0.3, -0.25) is 9.78 Å². The van der Waals surface area contributed by atoms with Gasteiger partial charge in [0.1, 0.15) is 17.3 Å². The fourth-order valence-corrected chi connectivity index (χ4v) is 3.10.